The van der Waals surface area contributed by atoms with E-state index in [1.807, 2.05) is 18.2 Å². The van der Waals surface area contributed by atoms with Gasteiger partial charge in [0, 0.05) is 6.07 Å². The molecule has 0 aliphatic carbocycles. The first-order valence-corrected chi connectivity index (χ1v) is 4.79. The maximum atomic E-state index is 13.2. The van der Waals surface area contributed by atoms with Gasteiger partial charge in [0.05, 0.1) is 6.61 Å². The molecular formula is C13H9BrF2MgO. The summed E-state index contributed by atoms with van der Waals surface area (Å²) in [6, 6.07) is 13.4. The summed E-state index contributed by atoms with van der Waals surface area (Å²) in [6.45, 7) is 0.212. The Morgan fingerprint density at radius 2 is 1.89 bits per heavy atom. The third-order valence-electron chi connectivity index (χ3n) is 2.05. The normalized spacial score (nSPS) is 9.00. The zero-order valence-electron chi connectivity index (χ0n) is 9.50. The summed E-state index contributed by atoms with van der Waals surface area (Å²) in [4.78, 5) is 0. The van der Waals surface area contributed by atoms with Gasteiger partial charge in [0.25, 0.3) is 0 Å². The standard InChI is InChI=1S/C13H9F2O.BrH.Mg/c14-11-6-7-13(12(15)8-11)16-9-10-4-2-1-3-5-10;;/h1-4,6-8H,9H2;1H;/q-1;;+2/p-1. The van der Waals surface area contributed by atoms with Gasteiger partial charge in [-0.05, 0) is 12.1 Å². The number of benzene rings is 2. The van der Waals surface area contributed by atoms with Crippen LogP contribution in [0.2, 0.25) is 0 Å². The van der Waals surface area contributed by atoms with E-state index >= 15 is 0 Å². The maximum Gasteiger partial charge on any atom is 2.00 e. The molecule has 90 valence electrons. The number of hydrogen-bond acceptors (Lipinski definition) is 1. The second-order valence-corrected chi connectivity index (χ2v) is 3.25. The van der Waals surface area contributed by atoms with Gasteiger partial charge in [-0.1, -0.05) is 0 Å². The average molecular weight is 323 g/mol. The van der Waals surface area contributed by atoms with Crippen LogP contribution in [0.15, 0.2) is 42.5 Å². The Labute approximate surface area is 131 Å². The predicted molar refractivity (Wildman–Crippen MR) is 61.7 cm³/mol. The molecule has 0 atom stereocenters. The largest absolute Gasteiger partial charge is 2.00 e. The van der Waals surface area contributed by atoms with Crippen LogP contribution in [0.3, 0.4) is 0 Å². The molecule has 0 spiro atoms. The third kappa shape index (κ3) is 4.92. The molecule has 0 fully saturated rings. The Morgan fingerprint density at radius 3 is 2.50 bits per heavy atom. The first-order chi connectivity index (χ1) is 7.75. The smallest absolute Gasteiger partial charge is 1.00 e. The number of rotatable bonds is 3. The summed E-state index contributed by atoms with van der Waals surface area (Å²) in [6.07, 6.45) is 0. The Kier molecular flexibility index (Phi) is 8.14. The molecule has 0 aromatic heterocycles. The van der Waals surface area contributed by atoms with E-state index in [0.29, 0.717) is 0 Å². The van der Waals surface area contributed by atoms with Crippen molar-refractivity contribution >= 4 is 23.1 Å². The molecule has 0 heterocycles. The van der Waals surface area contributed by atoms with Gasteiger partial charge >= 0.3 is 23.1 Å². The van der Waals surface area contributed by atoms with Crippen LogP contribution in [0, 0.1) is 17.7 Å². The summed E-state index contributed by atoms with van der Waals surface area (Å²) in [5, 5.41) is 0. The monoisotopic (exact) mass is 322 g/mol. The van der Waals surface area contributed by atoms with Crippen LogP contribution in [0.1, 0.15) is 5.56 Å². The molecule has 2 aromatic carbocycles. The van der Waals surface area contributed by atoms with Crippen LogP contribution in [0.5, 0.6) is 5.75 Å². The summed E-state index contributed by atoms with van der Waals surface area (Å²) in [5.74, 6) is -1.27. The molecule has 0 amide bonds. The van der Waals surface area contributed by atoms with Gasteiger partial charge in [0.2, 0.25) is 0 Å². The zero-order valence-corrected chi connectivity index (χ0v) is 12.5. The number of hydrogen-bond donors (Lipinski definition) is 0. The number of halogens is 3. The van der Waals surface area contributed by atoms with E-state index in [-0.39, 0.29) is 52.4 Å². The molecule has 0 N–H and O–H groups in total. The van der Waals surface area contributed by atoms with Crippen molar-refractivity contribution in [3.63, 3.8) is 0 Å². The van der Waals surface area contributed by atoms with Crippen molar-refractivity contribution < 1.29 is 30.5 Å². The molecule has 2 rings (SSSR count). The van der Waals surface area contributed by atoms with Crippen LogP contribution >= 0.6 is 0 Å². The van der Waals surface area contributed by atoms with E-state index in [1.165, 1.54) is 6.07 Å². The minimum absolute atomic E-state index is 0. The predicted octanol–water partition coefficient (Wildman–Crippen LogP) is -0.0328. The van der Waals surface area contributed by atoms with Crippen LogP contribution < -0.4 is 21.7 Å². The Balaban J connectivity index is 0.00000144. The molecule has 0 radical (unpaired) electrons. The van der Waals surface area contributed by atoms with Crippen LogP contribution in [0.25, 0.3) is 0 Å². The van der Waals surface area contributed by atoms with Crippen molar-refractivity contribution in [3.05, 3.63) is 65.7 Å². The van der Waals surface area contributed by atoms with Gasteiger partial charge in [-0.25, -0.2) is 8.78 Å². The van der Waals surface area contributed by atoms with Gasteiger partial charge < -0.3 is 21.7 Å². The zero-order chi connectivity index (χ0) is 11.4. The first kappa shape index (κ1) is 17.3. The molecular weight excluding hydrogens is 314 g/mol. The van der Waals surface area contributed by atoms with Gasteiger partial charge in [-0.3, -0.25) is 0 Å². The fourth-order valence-corrected chi connectivity index (χ4v) is 1.27. The van der Waals surface area contributed by atoms with Crippen molar-refractivity contribution in [3.8, 4) is 5.75 Å². The topological polar surface area (TPSA) is 9.23 Å². The van der Waals surface area contributed by atoms with E-state index in [9.17, 15) is 8.78 Å². The van der Waals surface area contributed by atoms with E-state index in [0.717, 1.165) is 17.7 Å². The van der Waals surface area contributed by atoms with Gasteiger partial charge in [-0.2, -0.15) is 30.3 Å². The average Bonchev–Trinajstić information content (AvgIpc) is 2.29. The summed E-state index contributed by atoms with van der Waals surface area (Å²) in [5.41, 5.74) is 0.811. The van der Waals surface area contributed by atoms with E-state index in [4.69, 9.17) is 4.74 Å². The van der Waals surface area contributed by atoms with Crippen molar-refractivity contribution in [2.24, 2.45) is 0 Å². The van der Waals surface area contributed by atoms with Crippen molar-refractivity contribution in [2.75, 3.05) is 0 Å². The van der Waals surface area contributed by atoms with Gasteiger partial charge in [0.1, 0.15) is 5.82 Å². The minimum atomic E-state index is -0.698. The molecule has 0 saturated carbocycles. The molecule has 5 heteroatoms. The summed E-state index contributed by atoms with van der Waals surface area (Å²) >= 11 is 0. The second kappa shape index (κ2) is 8.45. The van der Waals surface area contributed by atoms with Crippen molar-refractivity contribution in [1.29, 1.82) is 0 Å². The number of ether oxygens (including phenoxy) is 1. The van der Waals surface area contributed by atoms with Gasteiger partial charge in [0.15, 0.2) is 11.6 Å². The minimum Gasteiger partial charge on any atom is -1.00 e. The fourth-order valence-electron chi connectivity index (χ4n) is 1.27. The Morgan fingerprint density at radius 1 is 1.11 bits per heavy atom. The molecule has 18 heavy (non-hydrogen) atoms. The third-order valence-corrected chi connectivity index (χ3v) is 2.05. The molecule has 0 bridgehead atoms. The van der Waals surface area contributed by atoms with Crippen molar-refractivity contribution in [2.45, 2.75) is 6.61 Å². The maximum absolute atomic E-state index is 13.2. The van der Waals surface area contributed by atoms with Crippen LogP contribution in [-0.2, 0) is 6.61 Å². The molecule has 2 aromatic rings. The Hall–Kier alpha value is -0.654. The van der Waals surface area contributed by atoms with Crippen LogP contribution in [-0.4, -0.2) is 23.1 Å². The molecule has 1 nitrogen and oxygen atoms in total. The quantitative estimate of drug-likeness (QED) is 0.569. The first-order valence-electron chi connectivity index (χ1n) is 4.79. The molecule has 0 aliphatic heterocycles. The molecule has 0 unspecified atom stereocenters. The SMILES string of the molecule is Fc1ccc(OCc2[c-]cccc2)c(F)c1.[Br-].[Mg+2]. The fraction of sp³-hybridized carbons (Fsp3) is 0.0769. The van der Waals surface area contributed by atoms with Crippen LogP contribution in [0.4, 0.5) is 8.78 Å². The second-order valence-electron chi connectivity index (χ2n) is 3.25. The van der Waals surface area contributed by atoms with E-state index < -0.39 is 11.6 Å². The summed E-state index contributed by atoms with van der Waals surface area (Å²) in [7, 11) is 0. The molecule has 0 aliphatic rings. The Bertz CT molecular complexity index is 480. The summed E-state index contributed by atoms with van der Waals surface area (Å²) < 4.78 is 31.0. The van der Waals surface area contributed by atoms with Gasteiger partial charge in [-0.15, -0.1) is 5.56 Å². The van der Waals surface area contributed by atoms with Crippen molar-refractivity contribution in [1.82, 2.24) is 0 Å². The van der Waals surface area contributed by atoms with E-state index in [1.54, 1.807) is 6.07 Å². The molecule has 0 saturated heterocycles. The van der Waals surface area contributed by atoms with E-state index in [2.05, 4.69) is 6.07 Å².